The summed E-state index contributed by atoms with van der Waals surface area (Å²) in [7, 11) is 0. The number of hydrogen-bond acceptors (Lipinski definition) is 3. The number of nitrogens with one attached hydrogen (secondary N) is 1. The molecule has 18 heavy (non-hydrogen) atoms. The summed E-state index contributed by atoms with van der Waals surface area (Å²) < 4.78 is 6.35. The summed E-state index contributed by atoms with van der Waals surface area (Å²) in [6, 6.07) is 6.39. The zero-order valence-electron chi connectivity index (χ0n) is 10.1. The number of benzene rings is 1. The molecule has 2 amide bonds. The van der Waals surface area contributed by atoms with Gasteiger partial charge in [0.1, 0.15) is 11.8 Å². The van der Waals surface area contributed by atoms with E-state index >= 15 is 0 Å². The molecule has 2 unspecified atom stereocenters. The predicted molar refractivity (Wildman–Crippen MR) is 71.0 cm³/mol. The molecule has 0 aliphatic carbocycles. The number of rotatable bonds is 5. The fourth-order valence-electron chi connectivity index (χ4n) is 1.17. The molecule has 3 N–H and O–H groups in total. The first-order chi connectivity index (χ1) is 8.40. The van der Waals surface area contributed by atoms with Gasteiger partial charge in [-0.15, -0.1) is 0 Å². The number of nitrogens with two attached hydrogens (primary N) is 1. The van der Waals surface area contributed by atoms with Crippen LogP contribution < -0.4 is 15.8 Å². The number of halogens is 1. The highest BCUT2D eigenvalue weighted by molar-refractivity contribution is 9.10. The molecule has 0 radical (unpaired) electrons. The second-order valence-corrected chi connectivity index (χ2v) is 4.76. The molecule has 0 aromatic heterocycles. The first-order valence-electron chi connectivity index (χ1n) is 5.42. The Bertz CT molecular complexity index is 433. The van der Waals surface area contributed by atoms with Crippen molar-refractivity contribution in [3.8, 4) is 5.75 Å². The van der Waals surface area contributed by atoms with Crippen molar-refractivity contribution in [2.45, 2.75) is 26.0 Å². The van der Waals surface area contributed by atoms with Crippen LogP contribution in [0, 0.1) is 0 Å². The number of primary amides is 1. The summed E-state index contributed by atoms with van der Waals surface area (Å²) in [5.41, 5.74) is 5.05. The molecule has 0 saturated heterocycles. The highest BCUT2D eigenvalue weighted by atomic mass is 79.9. The van der Waals surface area contributed by atoms with Crippen molar-refractivity contribution in [1.82, 2.24) is 5.32 Å². The van der Waals surface area contributed by atoms with Crippen LogP contribution in [0.5, 0.6) is 5.75 Å². The number of hydrogen-bond donors (Lipinski definition) is 2. The smallest absolute Gasteiger partial charge is 0.261 e. The van der Waals surface area contributed by atoms with E-state index in [0.29, 0.717) is 5.75 Å². The fourth-order valence-corrected chi connectivity index (χ4v) is 1.44. The summed E-state index contributed by atoms with van der Waals surface area (Å²) in [6.07, 6.45) is -0.701. The largest absolute Gasteiger partial charge is 0.481 e. The van der Waals surface area contributed by atoms with Crippen LogP contribution in [0.25, 0.3) is 0 Å². The van der Waals surface area contributed by atoms with Gasteiger partial charge in [0.05, 0.1) is 0 Å². The average Bonchev–Trinajstić information content (AvgIpc) is 2.31. The topological polar surface area (TPSA) is 81.4 Å². The molecule has 0 heterocycles. The zero-order chi connectivity index (χ0) is 13.7. The van der Waals surface area contributed by atoms with Crippen molar-refractivity contribution >= 4 is 27.7 Å². The second kappa shape index (κ2) is 6.39. The average molecular weight is 315 g/mol. The van der Waals surface area contributed by atoms with Gasteiger partial charge in [-0.05, 0) is 38.1 Å². The van der Waals surface area contributed by atoms with Crippen LogP contribution >= 0.6 is 15.9 Å². The third-order valence-electron chi connectivity index (χ3n) is 2.28. The number of carbonyl (C=O) groups is 2. The van der Waals surface area contributed by atoms with Gasteiger partial charge in [0.15, 0.2) is 6.10 Å². The van der Waals surface area contributed by atoms with Crippen molar-refractivity contribution < 1.29 is 14.3 Å². The lowest BCUT2D eigenvalue weighted by Crippen LogP contribution is -2.47. The minimum atomic E-state index is -0.714. The van der Waals surface area contributed by atoms with E-state index in [4.69, 9.17) is 10.5 Å². The van der Waals surface area contributed by atoms with Gasteiger partial charge >= 0.3 is 0 Å². The number of ether oxygens (including phenoxy) is 1. The van der Waals surface area contributed by atoms with Crippen LogP contribution in [0.1, 0.15) is 13.8 Å². The van der Waals surface area contributed by atoms with Gasteiger partial charge in [0, 0.05) is 4.47 Å². The highest BCUT2D eigenvalue weighted by Crippen LogP contribution is 2.17. The van der Waals surface area contributed by atoms with Crippen LogP contribution in [-0.2, 0) is 9.59 Å². The van der Waals surface area contributed by atoms with Gasteiger partial charge in [-0.3, -0.25) is 9.59 Å². The Morgan fingerprint density at radius 1 is 1.28 bits per heavy atom. The molecule has 98 valence electrons. The maximum atomic E-state index is 11.7. The molecule has 0 bridgehead atoms. The molecular weight excluding hydrogens is 300 g/mol. The van der Waals surface area contributed by atoms with Crippen molar-refractivity contribution in [2.75, 3.05) is 0 Å². The summed E-state index contributed by atoms with van der Waals surface area (Å²) in [6.45, 7) is 3.12. The molecule has 1 aromatic rings. The third kappa shape index (κ3) is 4.37. The fraction of sp³-hybridized carbons (Fsp3) is 0.333. The van der Waals surface area contributed by atoms with Crippen LogP contribution in [-0.4, -0.2) is 24.0 Å². The normalized spacial score (nSPS) is 13.5. The van der Waals surface area contributed by atoms with Gasteiger partial charge in [0.2, 0.25) is 5.91 Å². The van der Waals surface area contributed by atoms with E-state index < -0.39 is 18.1 Å². The van der Waals surface area contributed by atoms with E-state index in [1.807, 2.05) is 12.1 Å². The van der Waals surface area contributed by atoms with E-state index in [0.717, 1.165) is 4.47 Å². The van der Waals surface area contributed by atoms with Crippen molar-refractivity contribution in [2.24, 2.45) is 5.73 Å². The number of carbonyl (C=O) groups excluding carboxylic acids is 2. The summed E-state index contributed by atoms with van der Waals surface area (Å²) in [5.74, 6) is -0.393. The van der Waals surface area contributed by atoms with E-state index in [9.17, 15) is 9.59 Å². The first-order valence-corrected chi connectivity index (χ1v) is 6.21. The SMILES string of the molecule is CC(NC(=O)C(C)Oc1ccc(Br)cc1)C(N)=O. The molecule has 0 fully saturated rings. The maximum absolute atomic E-state index is 11.7. The molecular formula is C12H15BrN2O3. The maximum Gasteiger partial charge on any atom is 0.261 e. The Kier molecular flexibility index (Phi) is 5.15. The van der Waals surface area contributed by atoms with E-state index in [2.05, 4.69) is 21.2 Å². The van der Waals surface area contributed by atoms with Crippen LogP contribution in [0.2, 0.25) is 0 Å². The van der Waals surface area contributed by atoms with E-state index in [1.165, 1.54) is 6.92 Å². The minimum Gasteiger partial charge on any atom is -0.481 e. The van der Waals surface area contributed by atoms with Gasteiger partial charge in [-0.25, -0.2) is 0 Å². The lowest BCUT2D eigenvalue weighted by atomic mass is 10.3. The molecule has 2 atom stereocenters. The molecule has 1 aromatic carbocycles. The molecule has 0 aliphatic rings. The predicted octanol–water partition coefficient (Wildman–Crippen LogP) is 1.21. The Labute approximate surface area is 114 Å². The summed E-state index contributed by atoms with van der Waals surface area (Å²) >= 11 is 3.30. The van der Waals surface area contributed by atoms with E-state index in [-0.39, 0.29) is 5.91 Å². The van der Waals surface area contributed by atoms with Gasteiger partial charge in [-0.2, -0.15) is 0 Å². The monoisotopic (exact) mass is 314 g/mol. The standard InChI is InChI=1S/C12H15BrN2O3/c1-7(11(14)16)15-12(17)8(2)18-10-5-3-9(13)4-6-10/h3-8H,1-2H3,(H2,14,16)(H,15,17). The number of amides is 2. The third-order valence-corrected chi connectivity index (χ3v) is 2.81. The van der Waals surface area contributed by atoms with E-state index in [1.54, 1.807) is 19.1 Å². The van der Waals surface area contributed by atoms with Crippen molar-refractivity contribution in [3.05, 3.63) is 28.7 Å². The Morgan fingerprint density at radius 2 is 1.83 bits per heavy atom. The molecule has 0 spiro atoms. The Morgan fingerprint density at radius 3 is 2.33 bits per heavy atom. The van der Waals surface area contributed by atoms with Crippen molar-refractivity contribution in [3.63, 3.8) is 0 Å². The van der Waals surface area contributed by atoms with Gasteiger partial charge in [0.25, 0.3) is 5.91 Å². The quantitative estimate of drug-likeness (QED) is 0.857. The Hall–Kier alpha value is -1.56. The van der Waals surface area contributed by atoms with Crippen LogP contribution in [0.3, 0.4) is 0 Å². The molecule has 5 nitrogen and oxygen atoms in total. The van der Waals surface area contributed by atoms with Gasteiger partial charge < -0.3 is 15.8 Å². The second-order valence-electron chi connectivity index (χ2n) is 3.85. The zero-order valence-corrected chi connectivity index (χ0v) is 11.7. The van der Waals surface area contributed by atoms with Crippen LogP contribution in [0.15, 0.2) is 28.7 Å². The van der Waals surface area contributed by atoms with Crippen LogP contribution in [0.4, 0.5) is 0 Å². The lowest BCUT2D eigenvalue weighted by Gasteiger charge is -2.16. The molecule has 0 aliphatic heterocycles. The first kappa shape index (κ1) is 14.5. The van der Waals surface area contributed by atoms with Gasteiger partial charge in [-0.1, -0.05) is 15.9 Å². The van der Waals surface area contributed by atoms with Crippen molar-refractivity contribution in [1.29, 1.82) is 0 Å². The molecule has 0 saturated carbocycles. The Balaban J connectivity index is 2.54. The summed E-state index contributed by atoms with van der Waals surface area (Å²) in [5, 5.41) is 2.46. The lowest BCUT2D eigenvalue weighted by molar-refractivity contribution is -0.131. The summed E-state index contributed by atoms with van der Waals surface area (Å²) in [4.78, 5) is 22.5. The molecule has 6 heteroatoms. The molecule has 1 rings (SSSR count). The highest BCUT2D eigenvalue weighted by Gasteiger charge is 2.19. The minimum absolute atomic E-state index is 0.385.